The summed E-state index contributed by atoms with van der Waals surface area (Å²) >= 11 is 0.220. The number of alkyl halides is 3. The van der Waals surface area contributed by atoms with Crippen LogP contribution in [0.4, 0.5) is 23.1 Å². The minimum atomic E-state index is -4.61. The number of aliphatic hydroxyl groups is 1. The van der Waals surface area contributed by atoms with Gasteiger partial charge in [0.05, 0.1) is 6.04 Å². The number of rotatable bonds is 1. The average molecular weight is 282 g/mol. The van der Waals surface area contributed by atoms with Gasteiger partial charge in [-0.3, -0.25) is 0 Å². The number of likely N-dealkylation sites (N-methyl/N-ethyl adjacent to an activating group) is 1. The van der Waals surface area contributed by atoms with Crippen molar-refractivity contribution in [1.29, 1.82) is 0 Å². The minimum Gasteiger partial charge on any atom is -0.371 e. The van der Waals surface area contributed by atoms with E-state index in [1.807, 2.05) is 0 Å². The van der Waals surface area contributed by atoms with Gasteiger partial charge < -0.3 is 10.0 Å². The summed E-state index contributed by atoms with van der Waals surface area (Å²) in [5.41, 5.74) is 0. The molecule has 0 spiro atoms. The van der Waals surface area contributed by atoms with Crippen molar-refractivity contribution in [3.63, 3.8) is 0 Å². The van der Waals surface area contributed by atoms with Crippen LogP contribution < -0.4 is 4.90 Å². The molecule has 1 fully saturated rings. The maximum atomic E-state index is 12.4. The molecular weight excluding hydrogens is 273 g/mol. The maximum absolute atomic E-state index is 12.4. The Balaban J connectivity index is 2.33. The molecule has 0 radical (unpaired) electrons. The lowest BCUT2D eigenvalue weighted by molar-refractivity contribution is -0.138. The molecule has 10 heteroatoms. The van der Waals surface area contributed by atoms with E-state index in [1.54, 1.807) is 6.92 Å². The highest BCUT2D eigenvalue weighted by Gasteiger charge is 2.44. The monoisotopic (exact) mass is 282 g/mol. The molecule has 1 N–H and O–H groups in total. The normalized spacial score (nSPS) is 25.1. The molecular formula is C8H9F3N4O2S. The largest absolute Gasteiger partial charge is 0.445 e. The Morgan fingerprint density at radius 1 is 1.39 bits per heavy atom. The average Bonchev–Trinajstić information content (AvgIpc) is 2.81. The number of nitrogens with zero attached hydrogens (tertiary/aromatic N) is 4. The second kappa shape index (κ2) is 4.05. The van der Waals surface area contributed by atoms with Crippen molar-refractivity contribution in [1.82, 2.24) is 15.1 Å². The first-order valence-electron chi connectivity index (χ1n) is 4.88. The molecule has 2 unspecified atom stereocenters. The van der Waals surface area contributed by atoms with Crippen molar-refractivity contribution in [3.05, 3.63) is 5.01 Å². The smallest absolute Gasteiger partial charge is 0.371 e. The number of urea groups is 1. The van der Waals surface area contributed by atoms with Crippen LogP contribution in [0.15, 0.2) is 0 Å². The van der Waals surface area contributed by atoms with Gasteiger partial charge in [0.15, 0.2) is 6.23 Å². The summed E-state index contributed by atoms with van der Waals surface area (Å²) in [6.07, 6.45) is -5.85. The molecule has 1 aliphatic heterocycles. The number of hydrogen-bond donors (Lipinski definition) is 1. The van der Waals surface area contributed by atoms with Gasteiger partial charge in [-0.2, -0.15) is 13.2 Å². The third-order valence-electron chi connectivity index (χ3n) is 2.68. The third-order valence-corrected chi connectivity index (χ3v) is 3.65. The SMILES string of the molecule is CC1C(O)N(c2nnc(C(F)(F)F)s2)C(=O)N1C. The standard InChI is InChI=1S/C8H9F3N4O2S/c1-3-4(16)15(7(17)14(3)2)6-13-12-5(18-6)8(9,10)11/h3-4,16H,1-2H3. The van der Waals surface area contributed by atoms with Gasteiger partial charge in [0.25, 0.3) is 0 Å². The predicted octanol–water partition coefficient (Wildman–Crippen LogP) is 1.14. The second-order valence-electron chi connectivity index (χ2n) is 3.81. The topological polar surface area (TPSA) is 69.6 Å². The van der Waals surface area contributed by atoms with Gasteiger partial charge in [-0.25, -0.2) is 9.69 Å². The molecule has 18 heavy (non-hydrogen) atoms. The third kappa shape index (κ3) is 1.90. The lowest BCUT2D eigenvalue weighted by atomic mass is 10.3. The quantitative estimate of drug-likeness (QED) is 0.838. The Bertz CT molecular complexity index is 477. The van der Waals surface area contributed by atoms with Crippen molar-refractivity contribution in [2.24, 2.45) is 0 Å². The Morgan fingerprint density at radius 3 is 2.39 bits per heavy atom. The summed E-state index contributed by atoms with van der Waals surface area (Å²) in [6.45, 7) is 1.58. The number of aliphatic hydroxyl groups excluding tert-OH is 1. The Labute approximate surface area is 104 Å². The highest BCUT2D eigenvalue weighted by atomic mass is 32.1. The van der Waals surface area contributed by atoms with Gasteiger partial charge >= 0.3 is 12.2 Å². The molecule has 0 aliphatic carbocycles. The summed E-state index contributed by atoms with van der Waals surface area (Å²) in [7, 11) is 1.45. The van der Waals surface area contributed by atoms with Crippen molar-refractivity contribution in [2.75, 3.05) is 11.9 Å². The number of aromatic nitrogens is 2. The van der Waals surface area contributed by atoms with Gasteiger partial charge in [-0.1, -0.05) is 11.3 Å². The molecule has 0 aromatic carbocycles. The zero-order chi connectivity index (χ0) is 13.7. The van der Waals surface area contributed by atoms with E-state index in [9.17, 15) is 23.1 Å². The second-order valence-corrected chi connectivity index (χ2v) is 4.76. The molecule has 2 heterocycles. The molecule has 2 atom stereocenters. The highest BCUT2D eigenvalue weighted by Crippen LogP contribution is 2.36. The van der Waals surface area contributed by atoms with E-state index in [-0.39, 0.29) is 16.5 Å². The number of carbonyl (C=O) groups excluding carboxylic acids is 1. The van der Waals surface area contributed by atoms with Crippen molar-refractivity contribution in [2.45, 2.75) is 25.4 Å². The lowest BCUT2D eigenvalue weighted by Gasteiger charge is -2.16. The zero-order valence-corrected chi connectivity index (χ0v) is 10.2. The van der Waals surface area contributed by atoms with E-state index in [0.29, 0.717) is 0 Å². The highest BCUT2D eigenvalue weighted by molar-refractivity contribution is 7.15. The molecule has 1 aromatic heterocycles. The number of carbonyl (C=O) groups is 1. The summed E-state index contributed by atoms with van der Waals surface area (Å²) in [6, 6.07) is -1.14. The summed E-state index contributed by atoms with van der Waals surface area (Å²) in [5, 5.41) is 14.6. The van der Waals surface area contributed by atoms with Gasteiger partial charge in [0.2, 0.25) is 10.1 Å². The molecule has 6 nitrogen and oxygen atoms in total. The van der Waals surface area contributed by atoms with Gasteiger partial charge in [0.1, 0.15) is 0 Å². The molecule has 2 amide bonds. The van der Waals surface area contributed by atoms with Gasteiger partial charge in [0, 0.05) is 7.05 Å². The fourth-order valence-electron chi connectivity index (χ4n) is 1.50. The van der Waals surface area contributed by atoms with Crippen LogP contribution in [0.3, 0.4) is 0 Å². The Hall–Kier alpha value is -1.42. The Morgan fingerprint density at radius 2 is 2.00 bits per heavy atom. The van der Waals surface area contributed by atoms with Gasteiger partial charge in [-0.15, -0.1) is 10.2 Å². The fourth-order valence-corrected chi connectivity index (χ4v) is 2.23. The van der Waals surface area contributed by atoms with E-state index in [4.69, 9.17) is 0 Å². The number of halogens is 3. The zero-order valence-electron chi connectivity index (χ0n) is 9.34. The van der Waals surface area contributed by atoms with Crippen molar-refractivity contribution in [3.8, 4) is 0 Å². The first-order chi connectivity index (χ1) is 8.23. The molecule has 0 bridgehead atoms. The lowest BCUT2D eigenvalue weighted by Crippen LogP contribution is -2.35. The summed E-state index contributed by atoms with van der Waals surface area (Å²) in [4.78, 5) is 13.8. The van der Waals surface area contributed by atoms with Crippen molar-refractivity contribution >= 4 is 22.5 Å². The van der Waals surface area contributed by atoms with Crippen LogP contribution in [0.2, 0.25) is 0 Å². The molecule has 1 aromatic rings. The molecule has 1 aliphatic rings. The van der Waals surface area contributed by atoms with Crippen LogP contribution in [0, 0.1) is 0 Å². The molecule has 2 rings (SSSR count). The van der Waals surface area contributed by atoms with Crippen LogP contribution >= 0.6 is 11.3 Å². The number of hydrogen-bond acceptors (Lipinski definition) is 5. The van der Waals surface area contributed by atoms with Gasteiger partial charge in [-0.05, 0) is 6.92 Å². The predicted molar refractivity (Wildman–Crippen MR) is 56.0 cm³/mol. The van der Waals surface area contributed by atoms with Crippen LogP contribution in [0.25, 0.3) is 0 Å². The fraction of sp³-hybridized carbons (Fsp3) is 0.625. The number of amides is 2. The van der Waals surface area contributed by atoms with E-state index < -0.39 is 29.5 Å². The number of anilines is 1. The molecule has 1 saturated heterocycles. The van der Waals surface area contributed by atoms with E-state index >= 15 is 0 Å². The summed E-state index contributed by atoms with van der Waals surface area (Å²) in [5.74, 6) is 0. The van der Waals surface area contributed by atoms with Crippen LogP contribution in [0.1, 0.15) is 11.9 Å². The van der Waals surface area contributed by atoms with Crippen molar-refractivity contribution < 1.29 is 23.1 Å². The van der Waals surface area contributed by atoms with E-state index in [1.165, 1.54) is 11.9 Å². The molecule has 100 valence electrons. The minimum absolute atomic E-state index is 0.220. The van der Waals surface area contributed by atoms with Crippen LogP contribution in [0.5, 0.6) is 0 Å². The first kappa shape index (κ1) is 13.0. The first-order valence-corrected chi connectivity index (χ1v) is 5.70. The van der Waals surface area contributed by atoms with E-state index in [2.05, 4.69) is 10.2 Å². The maximum Gasteiger partial charge on any atom is 0.445 e. The van der Waals surface area contributed by atoms with Crippen LogP contribution in [-0.2, 0) is 6.18 Å². The molecule has 0 saturated carbocycles. The Kier molecular flexibility index (Phi) is 2.93. The van der Waals surface area contributed by atoms with E-state index in [0.717, 1.165) is 4.90 Å². The van der Waals surface area contributed by atoms with Crippen LogP contribution in [-0.4, -0.2) is 45.6 Å². The summed E-state index contributed by atoms with van der Waals surface area (Å²) < 4.78 is 37.1.